The Hall–Kier alpha value is -0.460. The molecule has 3 fully saturated rings. The third-order valence-electron chi connectivity index (χ3n) is 7.59. The fraction of sp³-hybridized carbons (Fsp3) is 0.870. The van der Waals surface area contributed by atoms with Crippen molar-refractivity contribution < 1.29 is 54.0 Å². The molecule has 0 amide bonds. The van der Waals surface area contributed by atoms with Gasteiger partial charge in [-0.25, -0.2) is 0 Å². The van der Waals surface area contributed by atoms with Gasteiger partial charge in [-0.15, -0.1) is 0 Å². The highest BCUT2D eigenvalue weighted by atomic mass is 127. The molecule has 0 aromatic carbocycles. The lowest BCUT2D eigenvalue weighted by Gasteiger charge is -2.45. The van der Waals surface area contributed by atoms with Crippen LogP contribution in [-0.4, -0.2) is 139 Å². The van der Waals surface area contributed by atoms with Crippen LogP contribution in [0.3, 0.4) is 0 Å². The standard InChI is InChI=1S/C23H42IN5O11/c1-24-20-15(33)14(32)12(29)22(40-20)38-18-11(6-30)36-23(16(18)34)39-19-13(31)9(27)4-10(28)17(19)37-21-8(26)3-2-7(5-25)35-21/h2,8-23,30-34H,1,3-6,25-29H2/t8-,9-,10+,11-,12-,13+,14-,15+,16-,17-,18-,19-,20-,21-,22+,23+/m1/s1. The largest absolute Gasteiger partial charge is 0.467 e. The van der Waals surface area contributed by atoms with E-state index in [4.69, 9.17) is 57.1 Å². The first-order valence-electron chi connectivity index (χ1n) is 13.1. The van der Waals surface area contributed by atoms with E-state index in [9.17, 15) is 25.5 Å². The quantitative estimate of drug-likeness (QED) is 0.0798. The Bertz CT molecular complexity index is 894. The third-order valence-corrected chi connectivity index (χ3v) is 9.49. The number of hydrogen-bond acceptors (Lipinski definition) is 16. The molecule has 3 aliphatic heterocycles. The first kappa shape index (κ1) is 32.5. The maximum atomic E-state index is 11.1. The average Bonchev–Trinajstić information content (AvgIpc) is 3.23. The molecule has 232 valence electrons. The van der Waals surface area contributed by atoms with Gasteiger partial charge in [-0.1, -0.05) is 25.2 Å². The van der Waals surface area contributed by atoms with Crippen LogP contribution in [0.15, 0.2) is 11.8 Å². The molecular formula is C23H42IN5O11. The second kappa shape index (κ2) is 13.9. The predicted octanol–water partition coefficient (Wildman–Crippen LogP) is -5.31. The van der Waals surface area contributed by atoms with Crippen molar-refractivity contribution in [1.82, 2.24) is 0 Å². The first-order valence-corrected chi connectivity index (χ1v) is 15.8. The molecule has 16 atom stereocenters. The maximum absolute atomic E-state index is 11.1. The van der Waals surface area contributed by atoms with Crippen LogP contribution in [0.25, 0.3) is 0 Å². The number of nitrogens with two attached hydrogens (primary N) is 5. The second-order valence-corrected chi connectivity index (χ2v) is 12.5. The molecule has 3 heterocycles. The minimum atomic E-state index is -1.51. The molecule has 0 spiro atoms. The molecule has 4 rings (SSSR count). The average molecular weight is 692 g/mol. The lowest BCUT2D eigenvalue weighted by atomic mass is 9.84. The van der Waals surface area contributed by atoms with E-state index in [1.54, 1.807) is 6.08 Å². The number of hydrogen-bond donors (Lipinski definition) is 10. The zero-order valence-electron chi connectivity index (χ0n) is 21.8. The van der Waals surface area contributed by atoms with Crippen molar-refractivity contribution in [3.05, 3.63) is 11.8 Å². The SMILES string of the molecule is C=I[C@@H]1O[C@H](O[C@H]2[C@@H](O)[C@H](O[C@@H]3[C@@H](O)[C@H](N)C[C@H](N)[C@H]3O[C@H]3OC(CN)=CC[C@H]3N)O[C@@H]2CO)[C@H](N)[C@@H](O)[C@@H]1O. The Kier molecular flexibility index (Phi) is 11.3. The molecule has 0 aromatic heterocycles. The first-order chi connectivity index (χ1) is 19.0. The van der Waals surface area contributed by atoms with Crippen molar-refractivity contribution in [2.24, 2.45) is 28.7 Å². The highest BCUT2D eigenvalue weighted by molar-refractivity contribution is 14.2. The smallest absolute Gasteiger partial charge is 0.215 e. The minimum Gasteiger partial charge on any atom is -0.467 e. The number of ether oxygens (including phenoxy) is 6. The van der Waals surface area contributed by atoms with Crippen LogP contribution in [0.1, 0.15) is 12.8 Å². The van der Waals surface area contributed by atoms with Crippen LogP contribution in [0.4, 0.5) is 0 Å². The van der Waals surface area contributed by atoms with E-state index in [1.165, 1.54) is 0 Å². The lowest BCUT2D eigenvalue weighted by Crippen LogP contribution is -2.65. The van der Waals surface area contributed by atoms with E-state index in [-0.39, 0.29) is 13.0 Å². The van der Waals surface area contributed by atoms with Crippen LogP contribution >= 0.6 is 20.7 Å². The van der Waals surface area contributed by atoms with E-state index in [2.05, 4.69) is 4.51 Å². The number of alkyl halides is 1. The summed E-state index contributed by atoms with van der Waals surface area (Å²) in [6.45, 7) is -0.435. The van der Waals surface area contributed by atoms with Crippen molar-refractivity contribution in [3.8, 4) is 0 Å². The van der Waals surface area contributed by atoms with Crippen molar-refractivity contribution >= 4 is 25.2 Å². The van der Waals surface area contributed by atoms with Crippen LogP contribution in [-0.2, 0) is 28.4 Å². The van der Waals surface area contributed by atoms with Gasteiger partial charge in [0.15, 0.2) is 12.6 Å². The summed E-state index contributed by atoms with van der Waals surface area (Å²) < 4.78 is 38.2. The Labute approximate surface area is 241 Å². The molecule has 17 heteroatoms. The summed E-state index contributed by atoms with van der Waals surface area (Å²) in [4.78, 5) is 0. The van der Waals surface area contributed by atoms with Crippen molar-refractivity contribution in [3.63, 3.8) is 0 Å². The van der Waals surface area contributed by atoms with E-state index in [0.29, 0.717) is 12.2 Å². The molecule has 0 bridgehead atoms. The van der Waals surface area contributed by atoms with Gasteiger partial charge in [-0.2, -0.15) is 0 Å². The molecule has 40 heavy (non-hydrogen) atoms. The molecule has 0 radical (unpaired) electrons. The van der Waals surface area contributed by atoms with E-state index in [1.807, 2.05) is 0 Å². The number of aliphatic hydroxyl groups excluding tert-OH is 5. The highest BCUT2D eigenvalue weighted by Crippen LogP contribution is 2.35. The summed E-state index contributed by atoms with van der Waals surface area (Å²) >= 11 is -0.910. The molecule has 0 unspecified atom stereocenters. The van der Waals surface area contributed by atoms with Gasteiger partial charge < -0.3 is 82.6 Å². The summed E-state index contributed by atoms with van der Waals surface area (Å²) in [5, 5.41) is 52.5. The molecule has 1 saturated carbocycles. The molecule has 2 saturated heterocycles. The van der Waals surface area contributed by atoms with E-state index < -0.39 is 123 Å². The normalized spacial score (nSPS) is 49.9. The van der Waals surface area contributed by atoms with Crippen molar-refractivity contribution in [2.45, 2.75) is 109 Å². The Morgan fingerprint density at radius 3 is 2.15 bits per heavy atom. The Balaban J connectivity index is 1.49. The summed E-state index contributed by atoms with van der Waals surface area (Å²) in [5.41, 5.74) is 30.3. The summed E-state index contributed by atoms with van der Waals surface area (Å²) in [5.74, 6) is 0.495. The topological polar surface area (TPSA) is 287 Å². The lowest BCUT2D eigenvalue weighted by molar-refractivity contribution is -0.274. The van der Waals surface area contributed by atoms with Gasteiger partial charge in [0, 0.05) is 12.1 Å². The molecule has 15 N–H and O–H groups in total. The van der Waals surface area contributed by atoms with Gasteiger partial charge in [-0.3, -0.25) is 0 Å². The van der Waals surface area contributed by atoms with Gasteiger partial charge in [-0.05, 0) is 18.9 Å². The van der Waals surface area contributed by atoms with Gasteiger partial charge >= 0.3 is 0 Å². The summed E-state index contributed by atoms with van der Waals surface area (Å²) in [7, 11) is 0. The number of rotatable bonds is 9. The Morgan fingerprint density at radius 1 is 0.825 bits per heavy atom. The summed E-state index contributed by atoms with van der Waals surface area (Å²) in [6, 6.07) is -3.17. The molecule has 4 aliphatic rings. The number of aliphatic hydroxyl groups is 5. The molecular weight excluding hydrogens is 649 g/mol. The van der Waals surface area contributed by atoms with Crippen molar-refractivity contribution in [2.75, 3.05) is 13.2 Å². The molecule has 16 nitrogen and oxygen atoms in total. The van der Waals surface area contributed by atoms with Crippen molar-refractivity contribution in [1.29, 1.82) is 0 Å². The highest BCUT2D eigenvalue weighted by Gasteiger charge is 2.53. The van der Waals surface area contributed by atoms with Gasteiger partial charge in [0.1, 0.15) is 52.6 Å². The Morgan fingerprint density at radius 2 is 1.50 bits per heavy atom. The summed E-state index contributed by atoms with van der Waals surface area (Å²) in [6.07, 6.45) is -11.0. The maximum Gasteiger partial charge on any atom is 0.215 e. The zero-order chi connectivity index (χ0) is 29.3. The van der Waals surface area contributed by atoms with Gasteiger partial charge in [0.05, 0.1) is 31.3 Å². The minimum absolute atomic E-state index is 0.143. The fourth-order valence-electron chi connectivity index (χ4n) is 5.22. The van der Waals surface area contributed by atoms with Crippen LogP contribution in [0.5, 0.6) is 0 Å². The zero-order valence-corrected chi connectivity index (χ0v) is 24.0. The van der Waals surface area contributed by atoms with Crippen LogP contribution < -0.4 is 28.7 Å². The van der Waals surface area contributed by atoms with Crippen LogP contribution in [0.2, 0.25) is 0 Å². The van der Waals surface area contributed by atoms with Gasteiger partial charge in [0.2, 0.25) is 6.29 Å². The molecule has 0 aromatic rings. The molecule has 1 aliphatic carbocycles. The monoisotopic (exact) mass is 691 g/mol. The third kappa shape index (κ3) is 6.69. The van der Waals surface area contributed by atoms with Crippen LogP contribution in [0, 0.1) is 0 Å². The van der Waals surface area contributed by atoms with E-state index >= 15 is 0 Å². The number of halogens is 1. The fourth-order valence-corrected chi connectivity index (χ4v) is 6.66. The van der Waals surface area contributed by atoms with E-state index in [0.717, 1.165) is 0 Å². The predicted molar refractivity (Wildman–Crippen MR) is 147 cm³/mol. The van der Waals surface area contributed by atoms with Gasteiger partial charge in [0.25, 0.3) is 0 Å². The second-order valence-electron chi connectivity index (χ2n) is 10.4.